The van der Waals surface area contributed by atoms with Gasteiger partial charge in [0, 0.05) is 37.0 Å². The maximum absolute atomic E-state index is 11.3. The fourth-order valence-electron chi connectivity index (χ4n) is 3.70. The first-order valence-corrected chi connectivity index (χ1v) is 11.5. The summed E-state index contributed by atoms with van der Waals surface area (Å²) in [6.45, 7) is 6.42. The van der Waals surface area contributed by atoms with Crippen molar-refractivity contribution in [3.05, 3.63) is 71.7 Å². The van der Waals surface area contributed by atoms with Crippen molar-refractivity contribution in [3.63, 3.8) is 0 Å². The van der Waals surface area contributed by atoms with Gasteiger partial charge in [0.25, 0.3) is 0 Å². The van der Waals surface area contributed by atoms with Crippen molar-refractivity contribution in [2.45, 2.75) is 20.3 Å². The molecule has 0 saturated carbocycles. The number of ether oxygens (including phenoxy) is 2. The number of rotatable bonds is 8. The quantitative estimate of drug-likeness (QED) is 0.525. The number of carboxylic acids is 1. The number of aliphatic carboxylic acids is 1. The van der Waals surface area contributed by atoms with Gasteiger partial charge in [0.15, 0.2) is 0 Å². The van der Waals surface area contributed by atoms with Crippen LogP contribution < -0.4 is 9.64 Å². The summed E-state index contributed by atoms with van der Waals surface area (Å²) >= 11 is 0. The summed E-state index contributed by atoms with van der Waals surface area (Å²) in [5, 5.41) is 18.9. The predicted molar refractivity (Wildman–Crippen MR) is 131 cm³/mol. The Labute approximate surface area is 204 Å². The summed E-state index contributed by atoms with van der Waals surface area (Å²) < 4.78 is 11.1. The third-order valence-electron chi connectivity index (χ3n) is 5.94. The van der Waals surface area contributed by atoms with Gasteiger partial charge in [-0.3, -0.25) is 4.79 Å². The van der Waals surface area contributed by atoms with Gasteiger partial charge in [-0.15, -0.1) is 0 Å². The van der Waals surface area contributed by atoms with E-state index in [-0.39, 0.29) is 6.61 Å². The molecule has 1 N–H and O–H groups in total. The topological polar surface area (TPSA) is 109 Å². The highest BCUT2D eigenvalue weighted by Crippen LogP contribution is 2.27. The molecule has 0 bridgehead atoms. The maximum atomic E-state index is 11.3. The Kier molecular flexibility index (Phi) is 7.28. The highest BCUT2D eigenvalue weighted by atomic mass is 16.5. The Hall–Kier alpha value is -3.96. The van der Waals surface area contributed by atoms with E-state index in [2.05, 4.69) is 40.2 Å². The van der Waals surface area contributed by atoms with Crippen LogP contribution >= 0.6 is 0 Å². The van der Waals surface area contributed by atoms with Gasteiger partial charge in [-0.05, 0) is 55.8 Å². The molecule has 1 aromatic heterocycles. The summed E-state index contributed by atoms with van der Waals surface area (Å²) in [6.07, 6.45) is 2.30. The Bertz CT molecular complexity index is 1230. The first-order valence-electron chi connectivity index (χ1n) is 11.5. The molecule has 1 fully saturated rings. The smallest absolute Gasteiger partial charge is 0.312 e. The zero-order chi connectivity index (χ0) is 24.8. The molecule has 3 aromatic rings. The summed E-state index contributed by atoms with van der Waals surface area (Å²) in [7, 11) is 0. The monoisotopic (exact) mass is 472 g/mol. The normalized spacial score (nSPS) is 13.8. The number of aromatic nitrogens is 2. The Morgan fingerprint density at radius 2 is 1.91 bits per heavy atom. The number of carboxylic acid groups (broad SMARTS) is 1. The molecule has 4 rings (SSSR count). The van der Waals surface area contributed by atoms with Crippen LogP contribution in [0, 0.1) is 16.7 Å². The second-order valence-corrected chi connectivity index (χ2v) is 9.10. The highest BCUT2D eigenvalue weighted by Gasteiger charge is 2.28. The summed E-state index contributed by atoms with van der Waals surface area (Å²) in [5.74, 6) is 0.0701. The molecular formula is C27H28N4O4. The molecule has 0 atom stereocenters. The number of morpholine rings is 1. The van der Waals surface area contributed by atoms with Crippen molar-refractivity contribution in [2.24, 2.45) is 5.41 Å². The van der Waals surface area contributed by atoms with Gasteiger partial charge >= 0.3 is 5.97 Å². The summed E-state index contributed by atoms with van der Waals surface area (Å²) in [5.41, 5.74) is 3.02. The van der Waals surface area contributed by atoms with Gasteiger partial charge in [-0.2, -0.15) is 5.26 Å². The number of anilines is 1. The predicted octanol–water partition coefficient (Wildman–Crippen LogP) is 3.93. The third kappa shape index (κ3) is 5.94. The van der Waals surface area contributed by atoms with Gasteiger partial charge in [0.1, 0.15) is 24.3 Å². The molecule has 1 saturated heterocycles. The molecule has 180 valence electrons. The zero-order valence-corrected chi connectivity index (χ0v) is 19.9. The van der Waals surface area contributed by atoms with Crippen molar-refractivity contribution in [2.75, 3.05) is 37.8 Å². The van der Waals surface area contributed by atoms with Gasteiger partial charge in [0.2, 0.25) is 0 Å². The van der Waals surface area contributed by atoms with Gasteiger partial charge in [-0.25, -0.2) is 9.97 Å². The number of benzene rings is 2. The largest absolute Gasteiger partial charge is 0.491 e. The molecule has 0 unspecified atom stereocenters. The fraction of sp³-hybridized carbons (Fsp3) is 0.333. The van der Waals surface area contributed by atoms with E-state index >= 15 is 0 Å². The number of hydrogen-bond acceptors (Lipinski definition) is 7. The number of hydrogen-bond donors (Lipinski definition) is 1. The van der Waals surface area contributed by atoms with Crippen LogP contribution in [0.2, 0.25) is 0 Å². The standard InChI is InChI=1S/C27H28N4O4/c1-27(2,26(32)33)18-35-24-8-5-20(16-21(24)17-28)23-9-10-29-25(30-23)15-19-3-6-22(7-4-19)31-11-13-34-14-12-31/h3-10,16H,11-15,18H2,1-2H3,(H,32,33). The molecule has 2 aromatic carbocycles. The number of nitriles is 1. The van der Waals surface area contributed by atoms with E-state index in [1.54, 1.807) is 38.2 Å². The third-order valence-corrected chi connectivity index (χ3v) is 5.94. The van der Waals surface area contributed by atoms with Crippen molar-refractivity contribution in [1.82, 2.24) is 9.97 Å². The fourth-order valence-corrected chi connectivity index (χ4v) is 3.70. The molecule has 8 heteroatoms. The maximum Gasteiger partial charge on any atom is 0.312 e. The minimum atomic E-state index is -1.06. The average molecular weight is 473 g/mol. The van der Waals surface area contributed by atoms with Crippen LogP contribution in [0.15, 0.2) is 54.7 Å². The lowest BCUT2D eigenvalue weighted by atomic mass is 9.95. The molecule has 8 nitrogen and oxygen atoms in total. The van der Waals surface area contributed by atoms with Gasteiger partial charge < -0.3 is 19.5 Å². The van der Waals surface area contributed by atoms with Gasteiger partial charge in [-0.1, -0.05) is 12.1 Å². The molecule has 0 radical (unpaired) electrons. The second-order valence-electron chi connectivity index (χ2n) is 9.10. The van der Waals surface area contributed by atoms with E-state index < -0.39 is 11.4 Å². The van der Waals surface area contributed by atoms with Crippen molar-refractivity contribution >= 4 is 11.7 Å². The minimum absolute atomic E-state index is 0.0433. The van der Waals surface area contributed by atoms with Crippen LogP contribution in [-0.4, -0.2) is 54.0 Å². The molecule has 0 aliphatic carbocycles. The first kappa shape index (κ1) is 24.2. The first-order chi connectivity index (χ1) is 16.9. The second kappa shape index (κ2) is 10.5. The van der Waals surface area contributed by atoms with E-state index in [0.717, 1.165) is 37.4 Å². The number of carbonyl (C=O) groups is 1. The van der Waals surface area contributed by atoms with E-state index in [4.69, 9.17) is 14.5 Å². The summed E-state index contributed by atoms with van der Waals surface area (Å²) in [4.78, 5) is 22.8. The van der Waals surface area contributed by atoms with Crippen molar-refractivity contribution < 1.29 is 19.4 Å². The Morgan fingerprint density at radius 1 is 1.17 bits per heavy atom. The van der Waals surface area contributed by atoms with Crippen LogP contribution in [0.3, 0.4) is 0 Å². The van der Waals surface area contributed by atoms with Crippen LogP contribution in [0.5, 0.6) is 5.75 Å². The zero-order valence-electron chi connectivity index (χ0n) is 19.9. The molecule has 2 heterocycles. The van der Waals surface area contributed by atoms with Crippen molar-refractivity contribution in [1.29, 1.82) is 5.26 Å². The lowest BCUT2D eigenvalue weighted by molar-refractivity contribution is -0.148. The average Bonchev–Trinajstić information content (AvgIpc) is 2.88. The minimum Gasteiger partial charge on any atom is -0.491 e. The molecule has 1 aliphatic rings. The molecule has 1 aliphatic heterocycles. The van der Waals surface area contributed by atoms with E-state index in [0.29, 0.717) is 29.3 Å². The summed E-state index contributed by atoms with van der Waals surface area (Å²) in [6, 6.07) is 17.6. The Balaban J connectivity index is 1.47. The van der Waals surface area contributed by atoms with Crippen LogP contribution in [0.1, 0.15) is 30.8 Å². The SMILES string of the molecule is CC(C)(COc1ccc(-c2ccnc(Cc3ccc(N4CCOCC4)cc3)n2)cc1C#N)C(=O)O. The van der Waals surface area contributed by atoms with E-state index in [9.17, 15) is 15.2 Å². The van der Waals surface area contributed by atoms with Gasteiger partial charge in [0.05, 0.1) is 29.9 Å². The Morgan fingerprint density at radius 3 is 2.60 bits per heavy atom. The van der Waals surface area contributed by atoms with E-state index in [1.165, 1.54) is 5.69 Å². The van der Waals surface area contributed by atoms with E-state index in [1.807, 2.05) is 6.07 Å². The lowest BCUT2D eigenvalue weighted by Gasteiger charge is -2.28. The highest BCUT2D eigenvalue weighted by molar-refractivity contribution is 5.73. The van der Waals surface area contributed by atoms with Crippen molar-refractivity contribution in [3.8, 4) is 23.1 Å². The number of nitrogens with zero attached hydrogens (tertiary/aromatic N) is 4. The molecule has 0 amide bonds. The lowest BCUT2D eigenvalue weighted by Crippen LogP contribution is -2.36. The molecule has 0 spiro atoms. The molecular weight excluding hydrogens is 444 g/mol. The van der Waals surface area contributed by atoms with Crippen LogP contribution in [0.25, 0.3) is 11.3 Å². The van der Waals surface area contributed by atoms with Crippen LogP contribution in [0.4, 0.5) is 5.69 Å². The molecule has 35 heavy (non-hydrogen) atoms. The van der Waals surface area contributed by atoms with Crippen LogP contribution in [-0.2, 0) is 16.0 Å².